The lowest BCUT2D eigenvalue weighted by Gasteiger charge is -2.03. The lowest BCUT2D eigenvalue weighted by Crippen LogP contribution is -1.87. The third kappa shape index (κ3) is 2.29. The van der Waals surface area contributed by atoms with Crippen molar-refractivity contribution in [1.29, 1.82) is 0 Å². The van der Waals surface area contributed by atoms with Crippen molar-refractivity contribution in [1.82, 2.24) is 15.2 Å². The van der Waals surface area contributed by atoms with Crippen LogP contribution in [-0.4, -0.2) is 15.2 Å². The molecule has 0 fully saturated rings. The van der Waals surface area contributed by atoms with Gasteiger partial charge in [-0.05, 0) is 12.1 Å². The Bertz CT molecular complexity index is 694. The Labute approximate surface area is 121 Å². The van der Waals surface area contributed by atoms with E-state index in [2.05, 4.69) is 19.9 Å². The number of thiazole rings is 1. The van der Waals surface area contributed by atoms with Crippen molar-refractivity contribution in [2.45, 2.75) is 4.34 Å². The number of halogens is 2. The van der Waals surface area contributed by atoms with Crippen molar-refractivity contribution in [3.8, 4) is 0 Å². The van der Waals surface area contributed by atoms with Crippen LogP contribution in [0.25, 0.3) is 10.9 Å². The average Bonchev–Trinajstić information content (AvgIpc) is 2.94. The summed E-state index contributed by atoms with van der Waals surface area (Å²) in [6.45, 7) is 0. The number of aromatic amines is 1. The Morgan fingerprint density at radius 3 is 3.00 bits per heavy atom. The summed E-state index contributed by atoms with van der Waals surface area (Å²) in [5.74, 6) is 0. The summed E-state index contributed by atoms with van der Waals surface area (Å²) < 4.78 is 4.71. The van der Waals surface area contributed by atoms with E-state index in [1.165, 1.54) is 23.3 Å². The van der Waals surface area contributed by atoms with Gasteiger partial charge in [-0.3, -0.25) is 5.10 Å². The number of anilines is 1. The Hall–Kier alpha value is -0.950. The molecule has 0 radical (unpaired) electrons. The summed E-state index contributed by atoms with van der Waals surface area (Å²) >= 11 is 14.6. The van der Waals surface area contributed by atoms with Crippen molar-refractivity contribution in [3.63, 3.8) is 0 Å². The van der Waals surface area contributed by atoms with Gasteiger partial charge in [0.15, 0.2) is 4.34 Å². The minimum absolute atomic E-state index is 0.538. The van der Waals surface area contributed by atoms with Crippen LogP contribution in [0.4, 0.5) is 5.69 Å². The molecular weight excluding hydrogens is 311 g/mol. The van der Waals surface area contributed by atoms with Gasteiger partial charge in [-0.25, -0.2) is 4.98 Å². The molecule has 3 rings (SSSR count). The number of rotatable bonds is 3. The van der Waals surface area contributed by atoms with Crippen molar-refractivity contribution in [2.24, 2.45) is 0 Å². The number of H-pyrrole nitrogens is 1. The molecule has 2 heterocycles. The molecule has 0 aliphatic carbocycles. The molecule has 3 aromatic rings. The van der Waals surface area contributed by atoms with Gasteiger partial charge >= 0.3 is 0 Å². The van der Waals surface area contributed by atoms with E-state index in [1.54, 1.807) is 6.20 Å². The smallest absolute Gasteiger partial charge is 0.171 e. The number of benzene rings is 1. The average molecular weight is 317 g/mol. The van der Waals surface area contributed by atoms with Gasteiger partial charge in [0.1, 0.15) is 15.0 Å². The van der Waals surface area contributed by atoms with Gasteiger partial charge in [0, 0.05) is 17.3 Å². The molecule has 2 aromatic heterocycles. The number of nitrogens with zero attached hydrogens (tertiary/aromatic N) is 2. The van der Waals surface area contributed by atoms with E-state index in [0.717, 1.165) is 20.9 Å². The first-order valence-electron chi connectivity index (χ1n) is 4.91. The molecule has 0 atom stereocenters. The van der Waals surface area contributed by atoms with Crippen LogP contribution >= 0.6 is 46.5 Å². The molecular formula is C10H6Cl2N4S2. The predicted molar refractivity (Wildman–Crippen MR) is 77.7 cm³/mol. The summed E-state index contributed by atoms with van der Waals surface area (Å²) in [6.07, 6.45) is 1.63. The van der Waals surface area contributed by atoms with Gasteiger partial charge in [0.2, 0.25) is 0 Å². The highest BCUT2D eigenvalue weighted by atomic mass is 35.5. The molecule has 1 aromatic carbocycles. The largest absolute Gasteiger partial charge is 0.322 e. The first kappa shape index (κ1) is 12.1. The quantitative estimate of drug-likeness (QED) is 0.701. The number of fused-ring (bicyclic) bond motifs is 1. The molecule has 0 aliphatic heterocycles. The van der Waals surface area contributed by atoms with Gasteiger partial charge in [-0.15, -0.1) is 0 Å². The third-order valence-corrected chi connectivity index (χ3v) is 4.54. The van der Waals surface area contributed by atoms with Crippen molar-refractivity contribution < 1.29 is 0 Å². The first-order chi connectivity index (χ1) is 8.74. The van der Waals surface area contributed by atoms with Crippen LogP contribution in [0.2, 0.25) is 9.49 Å². The molecule has 0 saturated carbocycles. The molecule has 8 heteroatoms. The molecule has 0 spiro atoms. The van der Waals surface area contributed by atoms with Crippen LogP contribution in [0.1, 0.15) is 0 Å². The normalized spacial score (nSPS) is 11.0. The van der Waals surface area contributed by atoms with Crippen LogP contribution in [0.5, 0.6) is 0 Å². The Morgan fingerprint density at radius 2 is 2.22 bits per heavy atom. The third-order valence-electron chi connectivity index (χ3n) is 2.24. The maximum atomic E-state index is 5.98. The van der Waals surface area contributed by atoms with E-state index in [4.69, 9.17) is 23.2 Å². The molecule has 92 valence electrons. The van der Waals surface area contributed by atoms with Gasteiger partial charge in [-0.1, -0.05) is 40.6 Å². The summed E-state index contributed by atoms with van der Waals surface area (Å²) in [7, 11) is 0. The highest BCUT2D eigenvalue weighted by molar-refractivity contribution is 8.02. The monoisotopic (exact) mass is 316 g/mol. The molecule has 0 bridgehead atoms. The summed E-state index contributed by atoms with van der Waals surface area (Å²) in [5.41, 5.74) is 1.68. The maximum absolute atomic E-state index is 5.98. The van der Waals surface area contributed by atoms with Crippen LogP contribution in [0.3, 0.4) is 0 Å². The zero-order valence-electron chi connectivity index (χ0n) is 8.78. The van der Waals surface area contributed by atoms with Crippen LogP contribution in [-0.2, 0) is 0 Å². The fraction of sp³-hybridized carbons (Fsp3) is 0. The number of hydrogen-bond donors (Lipinski definition) is 2. The standard InChI is InChI=1S/C10H6Cl2N4S2/c11-7-4-13-10(17-7)18-16-6-3-1-2-5-8(6)14-15-9(5)12/h1-4,16H,(H,14,15). The van der Waals surface area contributed by atoms with E-state index in [9.17, 15) is 0 Å². The topological polar surface area (TPSA) is 53.6 Å². The zero-order chi connectivity index (χ0) is 12.5. The van der Waals surface area contributed by atoms with Gasteiger partial charge < -0.3 is 4.72 Å². The minimum atomic E-state index is 0.538. The Balaban J connectivity index is 1.86. The Kier molecular flexibility index (Phi) is 3.34. The second kappa shape index (κ2) is 4.97. The molecule has 0 unspecified atom stereocenters. The predicted octanol–water partition coefficient (Wildman–Crippen LogP) is 4.45. The molecule has 2 N–H and O–H groups in total. The van der Waals surface area contributed by atoms with E-state index in [0.29, 0.717) is 9.49 Å². The summed E-state index contributed by atoms with van der Waals surface area (Å²) in [4.78, 5) is 4.15. The summed E-state index contributed by atoms with van der Waals surface area (Å²) in [5, 5.41) is 8.34. The highest BCUT2D eigenvalue weighted by Gasteiger charge is 2.08. The number of para-hydroxylation sites is 1. The van der Waals surface area contributed by atoms with Crippen LogP contribution in [0.15, 0.2) is 28.7 Å². The number of nitrogens with one attached hydrogen (secondary N) is 2. The number of aromatic nitrogens is 3. The van der Waals surface area contributed by atoms with Crippen molar-refractivity contribution >= 4 is 63.1 Å². The minimum Gasteiger partial charge on any atom is -0.322 e. The van der Waals surface area contributed by atoms with Gasteiger partial charge in [0.05, 0.1) is 11.9 Å². The lowest BCUT2D eigenvalue weighted by atomic mass is 10.2. The molecule has 0 amide bonds. The SMILES string of the molecule is Clc1cnc(SNc2cccc3c(Cl)[nH]nc23)s1. The second-order valence-corrected chi connectivity index (χ2v) is 6.47. The van der Waals surface area contributed by atoms with E-state index >= 15 is 0 Å². The Morgan fingerprint density at radius 1 is 1.33 bits per heavy atom. The highest BCUT2D eigenvalue weighted by Crippen LogP contribution is 2.32. The van der Waals surface area contributed by atoms with Crippen LogP contribution in [0, 0.1) is 0 Å². The van der Waals surface area contributed by atoms with Gasteiger partial charge in [-0.2, -0.15) is 5.10 Å². The molecule has 0 saturated heterocycles. The fourth-order valence-electron chi connectivity index (χ4n) is 1.47. The van der Waals surface area contributed by atoms with Gasteiger partial charge in [0.25, 0.3) is 0 Å². The van der Waals surface area contributed by atoms with Crippen molar-refractivity contribution in [3.05, 3.63) is 33.9 Å². The lowest BCUT2D eigenvalue weighted by molar-refractivity contribution is 1.12. The fourth-order valence-corrected chi connectivity index (χ4v) is 3.48. The van der Waals surface area contributed by atoms with E-state index in [-0.39, 0.29) is 0 Å². The van der Waals surface area contributed by atoms with Crippen molar-refractivity contribution in [2.75, 3.05) is 4.72 Å². The van der Waals surface area contributed by atoms with E-state index < -0.39 is 0 Å². The number of hydrogen-bond acceptors (Lipinski definition) is 5. The molecule has 0 aliphatic rings. The van der Waals surface area contributed by atoms with Crippen LogP contribution < -0.4 is 4.72 Å². The van der Waals surface area contributed by atoms with E-state index in [1.807, 2.05) is 18.2 Å². The second-order valence-electron chi connectivity index (χ2n) is 3.37. The maximum Gasteiger partial charge on any atom is 0.171 e. The first-order valence-corrected chi connectivity index (χ1v) is 7.30. The summed E-state index contributed by atoms with van der Waals surface area (Å²) in [6, 6.07) is 5.76. The zero-order valence-corrected chi connectivity index (χ0v) is 11.9. The molecule has 4 nitrogen and oxygen atoms in total. The molecule has 18 heavy (non-hydrogen) atoms.